The van der Waals surface area contributed by atoms with E-state index in [0.717, 1.165) is 25.1 Å². The summed E-state index contributed by atoms with van der Waals surface area (Å²) >= 11 is 0. The lowest BCUT2D eigenvalue weighted by Crippen LogP contribution is -2.25. The molecule has 0 atom stereocenters. The molecule has 0 spiro atoms. The molecule has 0 aliphatic heterocycles. The zero-order valence-corrected chi connectivity index (χ0v) is 11.8. The smallest absolute Gasteiger partial charge is 0.123 e. The van der Waals surface area contributed by atoms with Crippen LogP contribution in [0.5, 0.6) is 0 Å². The zero-order chi connectivity index (χ0) is 14.4. The standard InChI is InChI=1S/C17H21FN2/c1-14-3-9-17(10-4-14)20(12-2-11-19)13-15-5-7-16(18)8-6-15/h3-10H,2,11-13,19H2,1H3. The molecule has 2 N–H and O–H groups in total. The van der Waals surface area contributed by atoms with Gasteiger partial charge in [-0.25, -0.2) is 4.39 Å². The lowest BCUT2D eigenvalue weighted by Gasteiger charge is -2.25. The van der Waals surface area contributed by atoms with Crippen molar-refractivity contribution in [2.45, 2.75) is 19.9 Å². The van der Waals surface area contributed by atoms with Gasteiger partial charge in [-0.1, -0.05) is 29.8 Å². The van der Waals surface area contributed by atoms with E-state index < -0.39 is 0 Å². The Bertz CT molecular complexity index is 520. The van der Waals surface area contributed by atoms with E-state index in [0.29, 0.717) is 6.54 Å². The van der Waals surface area contributed by atoms with E-state index >= 15 is 0 Å². The van der Waals surface area contributed by atoms with Gasteiger partial charge < -0.3 is 10.6 Å². The third-order valence-electron chi connectivity index (χ3n) is 3.32. The van der Waals surface area contributed by atoms with Crippen LogP contribution in [0.15, 0.2) is 48.5 Å². The highest BCUT2D eigenvalue weighted by Crippen LogP contribution is 2.18. The van der Waals surface area contributed by atoms with Crippen LogP contribution in [0.4, 0.5) is 10.1 Å². The molecule has 0 amide bonds. The Morgan fingerprint density at radius 2 is 1.65 bits per heavy atom. The first-order valence-corrected chi connectivity index (χ1v) is 6.95. The second-order valence-corrected chi connectivity index (χ2v) is 5.03. The molecule has 0 saturated heterocycles. The third kappa shape index (κ3) is 4.07. The predicted molar refractivity (Wildman–Crippen MR) is 82.3 cm³/mol. The number of rotatable bonds is 6. The normalized spacial score (nSPS) is 10.6. The van der Waals surface area contributed by atoms with Crippen LogP contribution in [0, 0.1) is 12.7 Å². The average Bonchev–Trinajstić information content (AvgIpc) is 2.46. The van der Waals surface area contributed by atoms with Crippen LogP contribution in [0.3, 0.4) is 0 Å². The van der Waals surface area contributed by atoms with Gasteiger partial charge >= 0.3 is 0 Å². The van der Waals surface area contributed by atoms with Crippen molar-refractivity contribution in [3.8, 4) is 0 Å². The monoisotopic (exact) mass is 272 g/mol. The minimum absolute atomic E-state index is 0.197. The van der Waals surface area contributed by atoms with Crippen molar-refractivity contribution in [3.05, 3.63) is 65.5 Å². The lowest BCUT2D eigenvalue weighted by molar-refractivity contribution is 0.626. The summed E-state index contributed by atoms with van der Waals surface area (Å²) in [5.41, 5.74) is 9.14. The van der Waals surface area contributed by atoms with Gasteiger partial charge in [0, 0.05) is 18.8 Å². The highest BCUT2D eigenvalue weighted by molar-refractivity contribution is 5.48. The zero-order valence-electron chi connectivity index (χ0n) is 11.8. The minimum atomic E-state index is -0.197. The van der Waals surface area contributed by atoms with Crippen LogP contribution >= 0.6 is 0 Å². The molecule has 0 unspecified atom stereocenters. The van der Waals surface area contributed by atoms with Crippen LogP contribution in [0.1, 0.15) is 17.5 Å². The van der Waals surface area contributed by atoms with Gasteiger partial charge in [0.25, 0.3) is 0 Å². The summed E-state index contributed by atoms with van der Waals surface area (Å²) in [4.78, 5) is 2.28. The quantitative estimate of drug-likeness (QED) is 0.872. The van der Waals surface area contributed by atoms with Crippen molar-refractivity contribution in [1.82, 2.24) is 0 Å². The van der Waals surface area contributed by atoms with Crippen molar-refractivity contribution in [1.29, 1.82) is 0 Å². The predicted octanol–water partition coefficient (Wildman–Crippen LogP) is 3.49. The van der Waals surface area contributed by atoms with E-state index in [1.165, 1.54) is 23.4 Å². The SMILES string of the molecule is Cc1ccc(N(CCCN)Cc2ccc(F)cc2)cc1. The third-order valence-corrected chi connectivity index (χ3v) is 3.32. The summed E-state index contributed by atoms with van der Waals surface area (Å²) in [6, 6.07) is 15.1. The van der Waals surface area contributed by atoms with Crippen molar-refractivity contribution in [2.75, 3.05) is 18.0 Å². The van der Waals surface area contributed by atoms with Crippen molar-refractivity contribution < 1.29 is 4.39 Å². The molecule has 2 nitrogen and oxygen atoms in total. The van der Waals surface area contributed by atoms with Gasteiger partial charge in [0.05, 0.1) is 0 Å². The van der Waals surface area contributed by atoms with Crippen LogP contribution < -0.4 is 10.6 Å². The number of benzene rings is 2. The fraction of sp³-hybridized carbons (Fsp3) is 0.294. The molecule has 0 heterocycles. The van der Waals surface area contributed by atoms with Crippen LogP contribution in [-0.4, -0.2) is 13.1 Å². The Morgan fingerprint density at radius 1 is 1.00 bits per heavy atom. The highest BCUT2D eigenvalue weighted by atomic mass is 19.1. The molecule has 106 valence electrons. The second kappa shape index (κ2) is 7.06. The maximum atomic E-state index is 13.0. The Kier molecular flexibility index (Phi) is 5.13. The Morgan fingerprint density at radius 3 is 2.25 bits per heavy atom. The number of hydrogen-bond acceptors (Lipinski definition) is 2. The molecular weight excluding hydrogens is 251 g/mol. The lowest BCUT2D eigenvalue weighted by atomic mass is 10.1. The number of hydrogen-bond donors (Lipinski definition) is 1. The van der Waals surface area contributed by atoms with E-state index in [2.05, 4.69) is 36.1 Å². The van der Waals surface area contributed by atoms with E-state index in [9.17, 15) is 4.39 Å². The summed E-state index contributed by atoms with van der Waals surface area (Å²) in [5, 5.41) is 0. The van der Waals surface area contributed by atoms with Crippen LogP contribution in [-0.2, 0) is 6.54 Å². The van der Waals surface area contributed by atoms with E-state index in [4.69, 9.17) is 5.73 Å². The molecule has 0 bridgehead atoms. The Labute approximate surface area is 120 Å². The van der Waals surface area contributed by atoms with Gasteiger partial charge in [-0.05, 0) is 49.7 Å². The number of nitrogens with two attached hydrogens (primary N) is 1. The molecule has 2 aromatic rings. The maximum absolute atomic E-state index is 13.0. The van der Waals surface area contributed by atoms with Crippen molar-refractivity contribution >= 4 is 5.69 Å². The van der Waals surface area contributed by atoms with Gasteiger partial charge in [0.15, 0.2) is 0 Å². The molecule has 0 aromatic heterocycles. The summed E-state index contributed by atoms with van der Waals surface area (Å²) in [7, 11) is 0. The van der Waals surface area contributed by atoms with Gasteiger partial charge in [0.1, 0.15) is 5.82 Å². The van der Waals surface area contributed by atoms with E-state index in [1.54, 1.807) is 0 Å². The molecule has 2 rings (SSSR count). The molecular formula is C17H21FN2. The minimum Gasteiger partial charge on any atom is -0.367 e. The maximum Gasteiger partial charge on any atom is 0.123 e. The molecule has 20 heavy (non-hydrogen) atoms. The van der Waals surface area contributed by atoms with Crippen molar-refractivity contribution in [2.24, 2.45) is 5.73 Å². The van der Waals surface area contributed by atoms with Gasteiger partial charge in [0.2, 0.25) is 0 Å². The van der Waals surface area contributed by atoms with Gasteiger partial charge in [-0.2, -0.15) is 0 Å². The molecule has 0 aliphatic carbocycles. The molecule has 0 aliphatic rings. The number of anilines is 1. The first-order valence-electron chi connectivity index (χ1n) is 6.95. The molecule has 0 saturated carbocycles. The summed E-state index contributed by atoms with van der Waals surface area (Å²) in [6.07, 6.45) is 0.940. The molecule has 0 fully saturated rings. The molecule has 3 heteroatoms. The van der Waals surface area contributed by atoms with E-state index in [1.807, 2.05) is 12.1 Å². The summed E-state index contributed by atoms with van der Waals surface area (Å²) < 4.78 is 13.0. The van der Waals surface area contributed by atoms with E-state index in [-0.39, 0.29) is 5.82 Å². The first kappa shape index (κ1) is 14.5. The summed E-state index contributed by atoms with van der Waals surface area (Å²) in [6.45, 7) is 4.42. The van der Waals surface area contributed by atoms with Gasteiger partial charge in [-0.3, -0.25) is 0 Å². The molecule has 2 aromatic carbocycles. The topological polar surface area (TPSA) is 29.3 Å². The highest BCUT2D eigenvalue weighted by Gasteiger charge is 2.07. The number of halogens is 1. The fourth-order valence-corrected chi connectivity index (χ4v) is 2.15. The number of nitrogens with zero attached hydrogens (tertiary/aromatic N) is 1. The average molecular weight is 272 g/mol. The van der Waals surface area contributed by atoms with Gasteiger partial charge in [-0.15, -0.1) is 0 Å². The Hall–Kier alpha value is -1.87. The fourth-order valence-electron chi connectivity index (χ4n) is 2.15. The Balaban J connectivity index is 2.14. The van der Waals surface area contributed by atoms with Crippen LogP contribution in [0.2, 0.25) is 0 Å². The first-order chi connectivity index (χ1) is 9.69. The second-order valence-electron chi connectivity index (χ2n) is 5.03. The number of aryl methyl sites for hydroxylation is 1. The van der Waals surface area contributed by atoms with Crippen LogP contribution in [0.25, 0.3) is 0 Å². The summed E-state index contributed by atoms with van der Waals surface area (Å²) in [5.74, 6) is -0.197. The largest absolute Gasteiger partial charge is 0.367 e. The van der Waals surface area contributed by atoms with Crippen molar-refractivity contribution in [3.63, 3.8) is 0 Å². The molecule has 0 radical (unpaired) electrons.